The highest BCUT2D eigenvalue weighted by atomic mass is 32.2. The number of carbonyl (C=O) groups excluding carboxylic acids is 1. The van der Waals surface area contributed by atoms with E-state index in [1.165, 1.54) is 34.4 Å². The summed E-state index contributed by atoms with van der Waals surface area (Å²) in [7, 11) is 0. The number of carbonyl (C=O) groups is 1. The van der Waals surface area contributed by atoms with E-state index in [1.807, 2.05) is 67.6 Å². The predicted octanol–water partition coefficient (Wildman–Crippen LogP) is 5.61. The highest BCUT2D eigenvalue weighted by molar-refractivity contribution is 7.99. The van der Waals surface area contributed by atoms with E-state index in [0.29, 0.717) is 26.2 Å². The number of thiazole rings is 1. The number of hydrogen-bond acceptors (Lipinski definition) is 7. The van der Waals surface area contributed by atoms with Crippen LogP contribution < -0.4 is 10.9 Å². The van der Waals surface area contributed by atoms with E-state index in [1.54, 1.807) is 16.1 Å². The molecule has 6 nitrogen and oxygen atoms in total. The third kappa shape index (κ3) is 4.35. The summed E-state index contributed by atoms with van der Waals surface area (Å²) < 4.78 is 1.60. The highest BCUT2D eigenvalue weighted by Gasteiger charge is 2.21. The number of nitrogens with one attached hydrogen (secondary N) is 1. The average molecular weight is 491 g/mol. The standard InChI is InChI=1S/C24H18N4O2S3/c1-15-19(16-8-4-2-5-9-16)20-21(33-15)27-24(28(22(20)30)17-10-6-3-7-11-17)32-14-18(29)26-23-25-12-13-31-23/h2-13H,14H2,1H3,(H,25,26,29). The van der Waals surface area contributed by atoms with Crippen LogP contribution >= 0.6 is 34.4 Å². The molecule has 9 heteroatoms. The van der Waals surface area contributed by atoms with E-state index in [0.717, 1.165) is 16.0 Å². The van der Waals surface area contributed by atoms with E-state index in [2.05, 4.69) is 10.3 Å². The predicted molar refractivity (Wildman–Crippen MR) is 137 cm³/mol. The second-order valence-corrected chi connectivity index (χ2v) is 10.2. The highest BCUT2D eigenvalue weighted by Crippen LogP contribution is 2.36. The summed E-state index contributed by atoms with van der Waals surface area (Å²) in [6.07, 6.45) is 1.64. The number of nitrogens with zero attached hydrogens (tertiary/aromatic N) is 3. The fraction of sp³-hybridized carbons (Fsp3) is 0.0833. The van der Waals surface area contributed by atoms with Crippen molar-refractivity contribution in [2.45, 2.75) is 12.1 Å². The van der Waals surface area contributed by atoms with Crippen molar-refractivity contribution in [3.63, 3.8) is 0 Å². The van der Waals surface area contributed by atoms with Gasteiger partial charge in [0, 0.05) is 22.0 Å². The van der Waals surface area contributed by atoms with Crippen LogP contribution in [0.4, 0.5) is 5.13 Å². The van der Waals surface area contributed by atoms with Gasteiger partial charge in [-0.25, -0.2) is 9.97 Å². The molecule has 0 spiro atoms. The van der Waals surface area contributed by atoms with E-state index in [9.17, 15) is 9.59 Å². The molecule has 0 atom stereocenters. The van der Waals surface area contributed by atoms with E-state index >= 15 is 0 Å². The molecule has 0 saturated heterocycles. The van der Waals surface area contributed by atoms with Crippen molar-refractivity contribution in [3.05, 3.63) is 87.5 Å². The third-order valence-electron chi connectivity index (χ3n) is 4.96. The van der Waals surface area contributed by atoms with E-state index < -0.39 is 0 Å². The first-order valence-electron chi connectivity index (χ1n) is 10.1. The van der Waals surface area contributed by atoms with Gasteiger partial charge in [-0.3, -0.25) is 14.2 Å². The largest absolute Gasteiger partial charge is 0.301 e. The van der Waals surface area contributed by atoms with Gasteiger partial charge >= 0.3 is 0 Å². The fourth-order valence-corrected chi connectivity index (χ4v) is 6.01. The summed E-state index contributed by atoms with van der Waals surface area (Å²) in [5, 5.41) is 6.20. The van der Waals surface area contributed by atoms with Crippen LogP contribution in [0.2, 0.25) is 0 Å². The van der Waals surface area contributed by atoms with Crippen molar-refractivity contribution >= 4 is 55.7 Å². The van der Waals surface area contributed by atoms with Gasteiger partial charge in [-0.15, -0.1) is 22.7 Å². The summed E-state index contributed by atoms with van der Waals surface area (Å²) in [6.45, 7) is 2.01. The zero-order valence-corrected chi connectivity index (χ0v) is 20.0. The lowest BCUT2D eigenvalue weighted by Gasteiger charge is -2.12. The average Bonchev–Trinajstić information content (AvgIpc) is 3.46. The Bertz CT molecular complexity index is 1480. The van der Waals surface area contributed by atoms with Crippen LogP contribution in [0, 0.1) is 6.92 Å². The zero-order valence-electron chi connectivity index (χ0n) is 17.5. The lowest BCUT2D eigenvalue weighted by Crippen LogP contribution is -2.22. The van der Waals surface area contributed by atoms with Gasteiger partial charge in [0.1, 0.15) is 4.83 Å². The van der Waals surface area contributed by atoms with Gasteiger partial charge in [0.15, 0.2) is 10.3 Å². The monoisotopic (exact) mass is 490 g/mol. The van der Waals surface area contributed by atoms with Crippen LogP contribution in [-0.4, -0.2) is 26.2 Å². The maximum Gasteiger partial charge on any atom is 0.268 e. The summed E-state index contributed by atoms with van der Waals surface area (Å²) in [6, 6.07) is 19.3. The second-order valence-electron chi connectivity index (χ2n) is 7.12. The molecular formula is C24H18N4O2S3. The number of anilines is 1. The molecule has 0 aliphatic rings. The van der Waals surface area contributed by atoms with Gasteiger partial charge in [0.05, 0.1) is 16.8 Å². The molecule has 33 heavy (non-hydrogen) atoms. The van der Waals surface area contributed by atoms with E-state index in [-0.39, 0.29) is 17.2 Å². The summed E-state index contributed by atoms with van der Waals surface area (Å²) in [5.41, 5.74) is 2.47. The van der Waals surface area contributed by atoms with Crippen molar-refractivity contribution in [2.24, 2.45) is 0 Å². The maximum atomic E-state index is 13.9. The molecule has 0 unspecified atom stereocenters. The van der Waals surface area contributed by atoms with Gasteiger partial charge in [-0.1, -0.05) is 60.3 Å². The van der Waals surface area contributed by atoms with Crippen LogP contribution in [0.1, 0.15) is 4.88 Å². The molecule has 0 aliphatic carbocycles. The molecule has 0 fully saturated rings. The first kappa shape index (κ1) is 21.6. The van der Waals surface area contributed by atoms with Crippen LogP contribution in [0.15, 0.2) is 82.2 Å². The van der Waals surface area contributed by atoms with E-state index in [4.69, 9.17) is 4.98 Å². The molecule has 1 amide bonds. The Morgan fingerprint density at radius 3 is 2.52 bits per heavy atom. The minimum Gasteiger partial charge on any atom is -0.301 e. The molecule has 5 aromatic rings. The Labute approximate surface area is 202 Å². The number of benzene rings is 2. The Hall–Kier alpha value is -3.27. The number of hydrogen-bond donors (Lipinski definition) is 1. The lowest BCUT2D eigenvalue weighted by atomic mass is 10.0. The maximum absolute atomic E-state index is 13.9. The molecule has 0 saturated carbocycles. The Kier molecular flexibility index (Phi) is 6.08. The summed E-state index contributed by atoms with van der Waals surface area (Å²) in [5.74, 6) is -0.0866. The minimum atomic E-state index is -0.198. The summed E-state index contributed by atoms with van der Waals surface area (Å²) in [4.78, 5) is 36.9. The molecule has 0 radical (unpaired) electrons. The number of rotatable bonds is 6. The number of fused-ring (bicyclic) bond motifs is 1. The number of amides is 1. The minimum absolute atomic E-state index is 0.111. The van der Waals surface area contributed by atoms with Crippen molar-refractivity contribution in [1.82, 2.24) is 14.5 Å². The number of para-hydroxylation sites is 1. The van der Waals surface area contributed by atoms with Crippen molar-refractivity contribution in [2.75, 3.05) is 11.1 Å². The van der Waals surface area contributed by atoms with Gasteiger partial charge in [0.25, 0.3) is 5.56 Å². The molecule has 2 aromatic carbocycles. The SMILES string of the molecule is Cc1sc2nc(SCC(=O)Nc3nccs3)n(-c3ccccc3)c(=O)c2c1-c1ccccc1. The third-order valence-corrected chi connectivity index (χ3v) is 7.59. The molecule has 0 aliphatic heterocycles. The van der Waals surface area contributed by atoms with Gasteiger partial charge in [0.2, 0.25) is 5.91 Å². The lowest BCUT2D eigenvalue weighted by molar-refractivity contribution is -0.113. The first-order valence-corrected chi connectivity index (χ1v) is 12.8. The molecular weight excluding hydrogens is 472 g/mol. The number of aryl methyl sites for hydroxylation is 1. The smallest absolute Gasteiger partial charge is 0.268 e. The molecule has 3 aromatic heterocycles. The first-order chi connectivity index (χ1) is 16.1. The van der Waals surface area contributed by atoms with Crippen LogP contribution in [0.25, 0.3) is 27.0 Å². The van der Waals surface area contributed by atoms with Gasteiger partial charge < -0.3 is 5.32 Å². The molecule has 0 bridgehead atoms. The van der Waals surface area contributed by atoms with Crippen molar-refractivity contribution in [3.8, 4) is 16.8 Å². The van der Waals surface area contributed by atoms with Crippen LogP contribution in [0.5, 0.6) is 0 Å². The van der Waals surface area contributed by atoms with Gasteiger partial charge in [-0.2, -0.15) is 0 Å². The van der Waals surface area contributed by atoms with Crippen LogP contribution in [-0.2, 0) is 4.79 Å². The number of aromatic nitrogens is 3. The Morgan fingerprint density at radius 1 is 1.09 bits per heavy atom. The van der Waals surface area contributed by atoms with Gasteiger partial charge in [-0.05, 0) is 24.6 Å². The molecule has 164 valence electrons. The molecule has 5 rings (SSSR count). The number of thiophene rings is 1. The second kappa shape index (κ2) is 9.30. The Morgan fingerprint density at radius 2 is 1.82 bits per heavy atom. The van der Waals surface area contributed by atoms with Crippen LogP contribution in [0.3, 0.4) is 0 Å². The number of thioether (sulfide) groups is 1. The van der Waals surface area contributed by atoms with Crippen molar-refractivity contribution < 1.29 is 4.79 Å². The summed E-state index contributed by atoms with van der Waals surface area (Å²) >= 11 is 4.09. The Balaban J connectivity index is 1.61. The quantitative estimate of drug-likeness (QED) is 0.247. The normalized spacial score (nSPS) is 11.1. The van der Waals surface area contributed by atoms with Crippen molar-refractivity contribution in [1.29, 1.82) is 0 Å². The molecule has 1 N–H and O–H groups in total. The topological polar surface area (TPSA) is 76.9 Å². The zero-order chi connectivity index (χ0) is 22.8. The molecule has 3 heterocycles. The fourth-order valence-electron chi connectivity index (χ4n) is 3.57.